The molecule has 0 saturated carbocycles. The standard InChI is InChI=1S/C14H22N2O3/c1-11-6-4-5-7-12(11)15-13(18)16-14(2,8-9-17)10-19-3/h4-7,17H,8-10H2,1-3H3,(H2,15,16,18). The molecule has 1 unspecified atom stereocenters. The van der Waals surface area contributed by atoms with Gasteiger partial charge in [-0.25, -0.2) is 4.79 Å². The molecule has 1 atom stereocenters. The molecule has 0 spiro atoms. The highest BCUT2D eigenvalue weighted by Gasteiger charge is 2.25. The lowest BCUT2D eigenvalue weighted by molar-refractivity contribution is 0.104. The molecule has 1 rings (SSSR count). The van der Waals surface area contributed by atoms with Gasteiger partial charge in [-0.3, -0.25) is 0 Å². The molecule has 2 amide bonds. The van der Waals surface area contributed by atoms with Gasteiger partial charge >= 0.3 is 6.03 Å². The first-order chi connectivity index (χ1) is 9.00. The first-order valence-corrected chi connectivity index (χ1v) is 6.25. The fraction of sp³-hybridized carbons (Fsp3) is 0.500. The maximum absolute atomic E-state index is 12.0. The van der Waals surface area contributed by atoms with Gasteiger partial charge in [0.05, 0.1) is 12.1 Å². The van der Waals surface area contributed by atoms with Crippen LogP contribution in [0, 0.1) is 6.92 Å². The summed E-state index contributed by atoms with van der Waals surface area (Å²) in [4.78, 5) is 12.0. The number of aryl methyl sites for hydroxylation is 1. The summed E-state index contributed by atoms with van der Waals surface area (Å²) in [7, 11) is 1.57. The fourth-order valence-corrected chi connectivity index (χ4v) is 1.88. The van der Waals surface area contributed by atoms with Gasteiger partial charge in [0.25, 0.3) is 0 Å². The molecule has 0 aliphatic rings. The van der Waals surface area contributed by atoms with Crippen molar-refractivity contribution in [3.05, 3.63) is 29.8 Å². The zero-order valence-electron chi connectivity index (χ0n) is 11.7. The number of methoxy groups -OCH3 is 1. The normalized spacial score (nSPS) is 13.7. The number of nitrogens with one attached hydrogen (secondary N) is 2. The Kier molecular flexibility index (Phi) is 5.79. The largest absolute Gasteiger partial charge is 0.396 e. The number of para-hydroxylation sites is 1. The SMILES string of the molecule is COCC(C)(CCO)NC(=O)Nc1ccccc1C. The van der Waals surface area contributed by atoms with E-state index in [1.807, 2.05) is 38.1 Å². The Balaban J connectivity index is 2.65. The van der Waals surface area contributed by atoms with Gasteiger partial charge in [-0.1, -0.05) is 18.2 Å². The third kappa shape index (κ3) is 4.89. The van der Waals surface area contributed by atoms with E-state index in [-0.39, 0.29) is 12.6 Å². The van der Waals surface area contributed by atoms with Crippen molar-refractivity contribution in [2.45, 2.75) is 25.8 Å². The third-order valence-corrected chi connectivity index (χ3v) is 2.94. The van der Waals surface area contributed by atoms with Crippen LogP contribution in [0.5, 0.6) is 0 Å². The van der Waals surface area contributed by atoms with Gasteiger partial charge in [-0.2, -0.15) is 0 Å². The van der Waals surface area contributed by atoms with Crippen molar-refractivity contribution in [1.82, 2.24) is 5.32 Å². The van der Waals surface area contributed by atoms with Crippen LogP contribution in [0.15, 0.2) is 24.3 Å². The van der Waals surface area contributed by atoms with E-state index in [2.05, 4.69) is 10.6 Å². The van der Waals surface area contributed by atoms with Crippen molar-refractivity contribution < 1.29 is 14.6 Å². The van der Waals surface area contributed by atoms with Crippen LogP contribution in [0.4, 0.5) is 10.5 Å². The van der Waals surface area contributed by atoms with E-state index in [1.165, 1.54) is 0 Å². The molecule has 0 aliphatic carbocycles. The summed E-state index contributed by atoms with van der Waals surface area (Å²) in [5.74, 6) is 0. The topological polar surface area (TPSA) is 70.6 Å². The van der Waals surface area contributed by atoms with Crippen LogP contribution in [0.3, 0.4) is 0 Å². The summed E-state index contributed by atoms with van der Waals surface area (Å²) in [5, 5.41) is 14.7. The van der Waals surface area contributed by atoms with E-state index in [0.29, 0.717) is 13.0 Å². The molecule has 0 saturated heterocycles. The van der Waals surface area contributed by atoms with Crippen LogP contribution >= 0.6 is 0 Å². The predicted molar refractivity (Wildman–Crippen MR) is 75.3 cm³/mol. The Morgan fingerprint density at radius 3 is 2.68 bits per heavy atom. The molecule has 106 valence electrons. The Morgan fingerprint density at radius 1 is 1.42 bits per heavy atom. The van der Waals surface area contributed by atoms with Crippen molar-refractivity contribution in [2.75, 3.05) is 25.6 Å². The lowest BCUT2D eigenvalue weighted by Crippen LogP contribution is -2.51. The second kappa shape index (κ2) is 7.11. The molecular weight excluding hydrogens is 244 g/mol. The van der Waals surface area contributed by atoms with Crippen LogP contribution in [0.2, 0.25) is 0 Å². The summed E-state index contributed by atoms with van der Waals surface area (Å²) in [5.41, 5.74) is 1.17. The summed E-state index contributed by atoms with van der Waals surface area (Å²) < 4.78 is 5.08. The highest BCUT2D eigenvalue weighted by atomic mass is 16.5. The molecule has 0 aliphatic heterocycles. The number of urea groups is 1. The minimum Gasteiger partial charge on any atom is -0.396 e. The molecule has 0 heterocycles. The lowest BCUT2D eigenvalue weighted by Gasteiger charge is -2.29. The maximum Gasteiger partial charge on any atom is 0.319 e. The summed E-state index contributed by atoms with van der Waals surface area (Å²) >= 11 is 0. The highest BCUT2D eigenvalue weighted by molar-refractivity contribution is 5.90. The van der Waals surface area contributed by atoms with Gasteiger partial charge in [0.1, 0.15) is 0 Å². The maximum atomic E-state index is 12.0. The molecule has 1 aromatic rings. The van der Waals surface area contributed by atoms with E-state index in [1.54, 1.807) is 7.11 Å². The van der Waals surface area contributed by atoms with Crippen LogP contribution in [-0.4, -0.2) is 37.0 Å². The molecule has 0 fully saturated rings. The Hall–Kier alpha value is -1.59. The molecule has 0 bridgehead atoms. The second-order valence-electron chi connectivity index (χ2n) is 4.86. The first-order valence-electron chi connectivity index (χ1n) is 6.25. The van der Waals surface area contributed by atoms with Crippen LogP contribution < -0.4 is 10.6 Å². The molecule has 19 heavy (non-hydrogen) atoms. The summed E-state index contributed by atoms with van der Waals surface area (Å²) in [6, 6.07) is 7.25. The van der Waals surface area contributed by atoms with Crippen LogP contribution in [-0.2, 0) is 4.74 Å². The van der Waals surface area contributed by atoms with Gasteiger partial charge in [-0.15, -0.1) is 0 Å². The number of hydrogen-bond acceptors (Lipinski definition) is 3. The molecule has 0 radical (unpaired) electrons. The van der Waals surface area contributed by atoms with Gasteiger partial charge in [-0.05, 0) is 31.9 Å². The Morgan fingerprint density at radius 2 is 2.11 bits per heavy atom. The monoisotopic (exact) mass is 266 g/mol. The smallest absolute Gasteiger partial charge is 0.319 e. The number of rotatable bonds is 6. The quantitative estimate of drug-likeness (QED) is 0.736. The van der Waals surface area contributed by atoms with Gasteiger partial charge in [0.2, 0.25) is 0 Å². The number of amides is 2. The zero-order chi connectivity index (χ0) is 14.3. The van der Waals surface area contributed by atoms with Crippen molar-refractivity contribution in [2.24, 2.45) is 0 Å². The van der Waals surface area contributed by atoms with E-state index in [0.717, 1.165) is 11.3 Å². The fourth-order valence-electron chi connectivity index (χ4n) is 1.88. The van der Waals surface area contributed by atoms with Gasteiger partial charge < -0.3 is 20.5 Å². The van der Waals surface area contributed by atoms with Gasteiger partial charge in [0, 0.05) is 19.4 Å². The number of anilines is 1. The second-order valence-corrected chi connectivity index (χ2v) is 4.86. The summed E-state index contributed by atoms with van der Waals surface area (Å²) in [6.45, 7) is 4.10. The van der Waals surface area contributed by atoms with Crippen molar-refractivity contribution in [1.29, 1.82) is 0 Å². The number of carbonyl (C=O) groups is 1. The van der Waals surface area contributed by atoms with Gasteiger partial charge in [0.15, 0.2) is 0 Å². The van der Waals surface area contributed by atoms with Crippen molar-refractivity contribution in [3.8, 4) is 0 Å². The van der Waals surface area contributed by atoms with E-state index in [9.17, 15) is 4.79 Å². The zero-order valence-corrected chi connectivity index (χ0v) is 11.7. The number of carbonyl (C=O) groups excluding carboxylic acids is 1. The molecular formula is C14H22N2O3. The van der Waals surface area contributed by atoms with E-state index >= 15 is 0 Å². The minimum atomic E-state index is -0.587. The average Bonchev–Trinajstić information content (AvgIpc) is 2.32. The molecule has 3 N–H and O–H groups in total. The molecule has 5 nitrogen and oxygen atoms in total. The number of benzene rings is 1. The number of aliphatic hydroxyl groups is 1. The first kappa shape index (κ1) is 15.5. The molecule has 5 heteroatoms. The van der Waals surface area contributed by atoms with E-state index < -0.39 is 5.54 Å². The highest BCUT2D eigenvalue weighted by Crippen LogP contribution is 2.14. The van der Waals surface area contributed by atoms with Crippen LogP contribution in [0.1, 0.15) is 18.9 Å². The van der Waals surface area contributed by atoms with Crippen LogP contribution in [0.25, 0.3) is 0 Å². The molecule has 0 aromatic heterocycles. The minimum absolute atomic E-state index is 0.00942. The number of aliphatic hydroxyl groups excluding tert-OH is 1. The molecule has 1 aromatic carbocycles. The average molecular weight is 266 g/mol. The lowest BCUT2D eigenvalue weighted by atomic mass is 10.00. The Bertz CT molecular complexity index is 415. The Labute approximate surface area is 114 Å². The van der Waals surface area contributed by atoms with Crippen molar-refractivity contribution >= 4 is 11.7 Å². The summed E-state index contributed by atoms with van der Waals surface area (Å²) in [6.07, 6.45) is 0.433. The predicted octanol–water partition coefficient (Wildman–Crippen LogP) is 1.90. The third-order valence-electron chi connectivity index (χ3n) is 2.94. The number of ether oxygens (including phenoxy) is 1. The number of hydrogen-bond donors (Lipinski definition) is 3. The van der Waals surface area contributed by atoms with E-state index in [4.69, 9.17) is 9.84 Å². The van der Waals surface area contributed by atoms with Crippen molar-refractivity contribution in [3.63, 3.8) is 0 Å².